The summed E-state index contributed by atoms with van der Waals surface area (Å²) < 4.78 is 11.0. The second-order valence-electron chi connectivity index (χ2n) is 15.5. The maximum Gasteiger partial charge on any atom is 0.410 e. The molecule has 6 aliphatic rings. The summed E-state index contributed by atoms with van der Waals surface area (Å²) >= 11 is 0. The van der Waals surface area contributed by atoms with E-state index in [1.54, 1.807) is 0 Å². The molecule has 6 fully saturated rings. The largest absolute Gasteiger partial charge is 0.445 e. The van der Waals surface area contributed by atoms with Crippen LogP contribution in [0, 0.1) is 45.8 Å². The zero-order chi connectivity index (χ0) is 29.1. The van der Waals surface area contributed by atoms with E-state index in [-0.39, 0.29) is 23.0 Å². The van der Waals surface area contributed by atoms with Gasteiger partial charge in [-0.1, -0.05) is 44.2 Å². The zero-order valence-corrected chi connectivity index (χ0v) is 25.6. The van der Waals surface area contributed by atoms with Crippen LogP contribution < -0.4 is 0 Å². The predicted octanol–water partition coefficient (Wildman–Crippen LogP) is 5.50. The average Bonchev–Trinajstić information content (AvgIpc) is 3.27. The maximum atomic E-state index is 13.0. The third kappa shape index (κ3) is 4.77. The van der Waals surface area contributed by atoms with Crippen molar-refractivity contribution in [3.63, 3.8) is 0 Å². The summed E-state index contributed by atoms with van der Waals surface area (Å²) in [6, 6.07) is 9.86. The van der Waals surface area contributed by atoms with Crippen molar-refractivity contribution in [2.24, 2.45) is 45.8 Å². The van der Waals surface area contributed by atoms with Gasteiger partial charge in [0.05, 0.1) is 24.7 Å². The van der Waals surface area contributed by atoms with Gasteiger partial charge in [-0.15, -0.1) is 0 Å². The minimum atomic E-state index is -0.299. The van der Waals surface area contributed by atoms with E-state index in [9.17, 15) is 14.7 Å². The number of fused-ring (bicyclic) bond motifs is 5. The Balaban J connectivity index is 0.942. The van der Waals surface area contributed by atoms with E-state index in [4.69, 9.17) is 9.47 Å². The first-order valence-electron chi connectivity index (χ1n) is 16.7. The van der Waals surface area contributed by atoms with Gasteiger partial charge in [0.1, 0.15) is 6.61 Å². The summed E-state index contributed by atoms with van der Waals surface area (Å²) in [5.74, 6) is 2.72. The van der Waals surface area contributed by atoms with Crippen LogP contribution in [0.15, 0.2) is 30.3 Å². The van der Waals surface area contributed by atoms with Crippen molar-refractivity contribution < 1.29 is 24.2 Å². The van der Waals surface area contributed by atoms with E-state index in [0.717, 1.165) is 64.1 Å². The number of hydrogen-bond donors (Lipinski definition) is 1. The fourth-order valence-corrected chi connectivity index (χ4v) is 10.7. The number of amides is 2. The second kappa shape index (κ2) is 10.8. The van der Waals surface area contributed by atoms with Crippen LogP contribution in [0.1, 0.15) is 77.2 Å². The highest BCUT2D eigenvalue weighted by molar-refractivity contribution is 5.77. The lowest BCUT2D eigenvalue weighted by Gasteiger charge is -2.62. The van der Waals surface area contributed by atoms with Gasteiger partial charge < -0.3 is 24.4 Å². The van der Waals surface area contributed by atoms with E-state index in [1.807, 2.05) is 40.1 Å². The third-order valence-electron chi connectivity index (χ3n) is 13.3. The summed E-state index contributed by atoms with van der Waals surface area (Å²) in [6.45, 7) is 10.1. The monoisotopic (exact) mass is 578 g/mol. The smallest absolute Gasteiger partial charge is 0.410 e. The number of carbonyl (C=O) groups excluding carboxylic acids is 2. The van der Waals surface area contributed by atoms with Crippen molar-refractivity contribution in [3.8, 4) is 0 Å². The first kappa shape index (κ1) is 28.6. The summed E-state index contributed by atoms with van der Waals surface area (Å²) in [6.07, 6.45) is 8.89. The summed E-state index contributed by atoms with van der Waals surface area (Å²) in [5, 5.41) is 11.7. The second-order valence-corrected chi connectivity index (χ2v) is 15.5. The van der Waals surface area contributed by atoms with Crippen LogP contribution in [0.3, 0.4) is 0 Å². The van der Waals surface area contributed by atoms with Crippen LogP contribution in [-0.4, -0.2) is 72.4 Å². The Morgan fingerprint density at radius 2 is 1.76 bits per heavy atom. The third-order valence-corrected chi connectivity index (χ3v) is 13.3. The van der Waals surface area contributed by atoms with Crippen LogP contribution in [0.4, 0.5) is 4.79 Å². The Kier molecular flexibility index (Phi) is 7.36. The first-order valence-corrected chi connectivity index (χ1v) is 16.7. The Labute approximate surface area is 251 Å². The number of carbonyl (C=O) groups is 2. The predicted molar refractivity (Wildman–Crippen MR) is 159 cm³/mol. The van der Waals surface area contributed by atoms with E-state index in [2.05, 4.69) is 13.8 Å². The van der Waals surface area contributed by atoms with Crippen molar-refractivity contribution in [3.05, 3.63) is 35.9 Å². The molecule has 2 amide bonds. The van der Waals surface area contributed by atoms with Gasteiger partial charge in [0.15, 0.2) is 0 Å². The number of benzene rings is 1. The highest BCUT2D eigenvalue weighted by atomic mass is 16.6. The fourth-order valence-electron chi connectivity index (χ4n) is 10.7. The number of hydrogen-bond acceptors (Lipinski definition) is 5. The normalized spacial score (nSPS) is 39.9. The van der Waals surface area contributed by atoms with Crippen LogP contribution in [0.5, 0.6) is 0 Å². The highest BCUT2D eigenvalue weighted by Crippen LogP contribution is 2.67. The van der Waals surface area contributed by atoms with Crippen molar-refractivity contribution in [2.75, 3.05) is 39.4 Å². The summed E-state index contributed by atoms with van der Waals surface area (Å²) in [5.41, 5.74) is 1.72. The topological polar surface area (TPSA) is 79.3 Å². The van der Waals surface area contributed by atoms with Crippen molar-refractivity contribution in [1.82, 2.24) is 9.80 Å². The molecule has 0 aromatic heterocycles. The molecule has 7 nitrogen and oxygen atoms in total. The molecule has 5 unspecified atom stereocenters. The lowest BCUT2D eigenvalue weighted by molar-refractivity contribution is -0.195. The maximum absolute atomic E-state index is 13.0. The Bertz CT molecular complexity index is 1160. The molecule has 3 saturated carbocycles. The van der Waals surface area contributed by atoms with Gasteiger partial charge >= 0.3 is 6.09 Å². The molecule has 230 valence electrons. The molecular weight excluding hydrogens is 528 g/mol. The highest BCUT2D eigenvalue weighted by Gasteiger charge is 2.62. The molecule has 1 aromatic carbocycles. The van der Waals surface area contributed by atoms with Gasteiger partial charge in [-0.2, -0.15) is 0 Å². The zero-order valence-electron chi connectivity index (χ0n) is 25.6. The number of aliphatic hydroxyl groups excluding tert-OH is 1. The molecule has 1 N–H and O–H groups in total. The summed E-state index contributed by atoms with van der Waals surface area (Å²) in [4.78, 5) is 29.7. The van der Waals surface area contributed by atoms with E-state index >= 15 is 0 Å². The van der Waals surface area contributed by atoms with Crippen LogP contribution in [0.25, 0.3) is 0 Å². The Hall–Kier alpha value is -2.12. The lowest BCUT2D eigenvalue weighted by Crippen LogP contribution is -2.67. The van der Waals surface area contributed by atoms with Crippen molar-refractivity contribution in [1.29, 1.82) is 0 Å². The minimum absolute atomic E-state index is 0.159. The standard InChI is InChI=1S/C35H50N2O5/c1-33-14-13-28-31(27(33)12-11-25(33)9-6-10-30(39)37-20-35(21-37)22-41-23-35)29(38)17-26-18-36(16-15-34(26,28)2)32(40)42-19-24-7-4-3-5-8-24/h3-5,7-8,25-29,31,38H,6,9-23H2,1-2H3/t25?,26?,27?,28?,29-,31-,33?,34-/m0/s1. The molecule has 1 spiro atoms. The minimum Gasteiger partial charge on any atom is -0.445 e. The quantitative estimate of drug-likeness (QED) is 0.482. The van der Waals surface area contributed by atoms with Crippen LogP contribution >= 0.6 is 0 Å². The molecule has 0 radical (unpaired) electrons. The number of likely N-dealkylation sites (tertiary alicyclic amines) is 2. The molecule has 3 saturated heterocycles. The molecule has 8 atom stereocenters. The first-order chi connectivity index (χ1) is 20.2. The SMILES string of the molecule is CC12CCC3[C@H](C1CCC2CCCC(=O)N1CC2(COC2)C1)[C@@H](O)CC1CN(C(=O)OCc2ccccc2)CC[C@@]13C. The number of ether oxygens (including phenoxy) is 2. The Morgan fingerprint density at radius 3 is 2.50 bits per heavy atom. The van der Waals surface area contributed by atoms with Gasteiger partial charge in [-0.25, -0.2) is 4.79 Å². The lowest BCUT2D eigenvalue weighted by atomic mass is 9.45. The molecule has 3 aliphatic heterocycles. The average molecular weight is 579 g/mol. The van der Waals surface area contributed by atoms with Gasteiger partial charge in [-0.05, 0) is 97.3 Å². The number of nitrogens with zero attached hydrogens (tertiary/aromatic N) is 2. The number of aliphatic hydroxyl groups is 1. The van der Waals surface area contributed by atoms with Gasteiger partial charge in [0, 0.05) is 32.6 Å². The van der Waals surface area contributed by atoms with Gasteiger partial charge in [0.2, 0.25) is 5.91 Å². The van der Waals surface area contributed by atoms with E-state index in [0.29, 0.717) is 60.5 Å². The number of rotatable bonds is 6. The molecule has 0 bridgehead atoms. The van der Waals surface area contributed by atoms with Crippen molar-refractivity contribution >= 4 is 12.0 Å². The van der Waals surface area contributed by atoms with Gasteiger partial charge in [-0.3, -0.25) is 4.79 Å². The summed E-state index contributed by atoms with van der Waals surface area (Å²) in [7, 11) is 0. The van der Waals surface area contributed by atoms with Gasteiger partial charge in [0.25, 0.3) is 0 Å². The number of piperidine rings is 1. The van der Waals surface area contributed by atoms with E-state index in [1.165, 1.54) is 25.7 Å². The Morgan fingerprint density at radius 1 is 1.00 bits per heavy atom. The molecule has 7 heteroatoms. The molecule has 1 aromatic rings. The van der Waals surface area contributed by atoms with E-state index < -0.39 is 0 Å². The molecule has 42 heavy (non-hydrogen) atoms. The molecule has 3 heterocycles. The molecule has 3 aliphatic carbocycles. The molecule has 7 rings (SSSR count). The molecular formula is C35H50N2O5. The van der Waals surface area contributed by atoms with Crippen molar-refractivity contribution in [2.45, 2.75) is 84.3 Å². The van der Waals surface area contributed by atoms with Crippen LogP contribution in [0.2, 0.25) is 0 Å². The fraction of sp³-hybridized carbons (Fsp3) is 0.771. The van der Waals surface area contributed by atoms with Crippen LogP contribution in [-0.2, 0) is 20.9 Å².